The van der Waals surface area contributed by atoms with Gasteiger partial charge in [-0.15, -0.1) is 0 Å². The second kappa shape index (κ2) is 7.06. The summed E-state index contributed by atoms with van der Waals surface area (Å²) in [6, 6.07) is 9.59. The minimum Gasteiger partial charge on any atom is -0.472 e. The van der Waals surface area contributed by atoms with E-state index < -0.39 is 5.69 Å². The zero-order chi connectivity index (χ0) is 18.8. The molecule has 4 rings (SSSR count). The number of fused-ring (bicyclic) bond motifs is 1. The summed E-state index contributed by atoms with van der Waals surface area (Å²) in [5, 5.41) is 8.10. The van der Waals surface area contributed by atoms with Crippen LogP contribution in [0.15, 0.2) is 47.3 Å². The predicted octanol–water partition coefficient (Wildman–Crippen LogP) is 1.87. The Hall–Kier alpha value is -3.42. The molecule has 1 aromatic carbocycles. The van der Waals surface area contributed by atoms with Crippen molar-refractivity contribution in [2.24, 2.45) is 0 Å². The molecule has 1 atom stereocenters. The highest BCUT2D eigenvalue weighted by molar-refractivity contribution is 5.89. The number of aromatic nitrogens is 4. The van der Waals surface area contributed by atoms with Crippen LogP contribution in [0.4, 0.5) is 0 Å². The van der Waals surface area contributed by atoms with Crippen LogP contribution in [0, 0.1) is 0 Å². The fraction of sp³-hybridized carbons (Fsp3) is 0.263. The third-order valence-electron chi connectivity index (χ3n) is 4.49. The Kier molecular flexibility index (Phi) is 4.45. The Bertz CT molecular complexity index is 1070. The molecule has 27 heavy (non-hydrogen) atoms. The molecule has 0 aliphatic carbocycles. The maximum Gasteiger partial charge on any atom is 0.340 e. The molecular formula is C19H19N5O3. The molecule has 2 N–H and O–H groups in total. The van der Waals surface area contributed by atoms with E-state index in [1.165, 1.54) is 0 Å². The highest BCUT2D eigenvalue weighted by atomic mass is 16.5. The summed E-state index contributed by atoms with van der Waals surface area (Å²) in [4.78, 5) is 32.3. The number of hydrogen-bond acceptors (Lipinski definition) is 5. The van der Waals surface area contributed by atoms with E-state index in [0.29, 0.717) is 30.5 Å². The van der Waals surface area contributed by atoms with Crippen LogP contribution in [0.25, 0.3) is 22.3 Å². The maximum absolute atomic E-state index is 12.0. The Morgan fingerprint density at radius 3 is 3.00 bits per heavy atom. The van der Waals surface area contributed by atoms with Crippen LogP contribution in [0.2, 0.25) is 0 Å². The van der Waals surface area contributed by atoms with E-state index >= 15 is 0 Å². The largest absolute Gasteiger partial charge is 0.472 e. The number of carbonyl (C=O) groups is 1. The van der Waals surface area contributed by atoms with Crippen molar-refractivity contribution < 1.29 is 9.53 Å². The van der Waals surface area contributed by atoms with Crippen LogP contribution < -0.4 is 10.4 Å². The van der Waals surface area contributed by atoms with Crippen LogP contribution in [0.3, 0.4) is 0 Å². The molecule has 1 saturated heterocycles. The number of hydrogen-bond donors (Lipinski definition) is 2. The van der Waals surface area contributed by atoms with Gasteiger partial charge in [0.25, 0.3) is 0 Å². The monoisotopic (exact) mass is 365 g/mol. The number of pyridine rings is 1. The van der Waals surface area contributed by atoms with Crippen LogP contribution in [-0.2, 0) is 4.79 Å². The normalized spacial score (nSPS) is 17.1. The summed E-state index contributed by atoms with van der Waals surface area (Å²) in [6.45, 7) is 2.99. The highest BCUT2D eigenvalue weighted by Gasteiger charge is 2.27. The van der Waals surface area contributed by atoms with Crippen molar-refractivity contribution in [3.05, 3.63) is 53.0 Å². The number of likely N-dealkylation sites (tertiary alicyclic amines) is 1. The maximum atomic E-state index is 12.0. The lowest BCUT2D eigenvalue weighted by atomic mass is 10.1. The summed E-state index contributed by atoms with van der Waals surface area (Å²) < 4.78 is 6.16. The first-order valence-electron chi connectivity index (χ1n) is 8.77. The number of rotatable bonds is 4. The van der Waals surface area contributed by atoms with Crippen molar-refractivity contribution in [3.63, 3.8) is 0 Å². The van der Waals surface area contributed by atoms with Crippen molar-refractivity contribution in [2.45, 2.75) is 19.4 Å². The lowest BCUT2D eigenvalue weighted by molar-refractivity contribution is -0.125. The number of ether oxygens (including phenoxy) is 1. The Labute approximate surface area is 154 Å². The zero-order valence-corrected chi connectivity index (χ0v) is 14.8. The standard InChI is InChI=1S/C19H19N5O3/c1-2-5-16(25)24-9-8-13(11-24)27-18-14-7-4-3-6-12(14)10-15(20-18)17-21-19(26)23-22-17/h2-7,10,13H,8-9,11H2,1H3,(H2,21,22,23,26)/t13-/m0/s1. The van der Waals surface area contributed by atoms with Gasteiger partial charge in [0.2, 0.25) is 11.8 Å². The number of aromatic amines is 2. The average Bonchev–Trinajstić information content (AvgIpc) is 3.31. The summed E-state index contributed by atoms with van der Waals surface area (Å²) in [7, 11) is 0. The number of allylic oxidation sites excluding steroid dienone is 1. The van der Waals surface area contributed by atoms with Crippen LogP contribution in [-0.4, -0.2) is 50.2 Å². The quantitative estimate of drug-likeness (QED) is 0.687. The lowest BCUT2D eigenvalue weighted by Gasteiger charge is -2.16. The fourth-order valence-electron chi connectivity index (χ4n) is 3.20. The second-order valence-corrected chi connectivity index (χ2v) is 6.37. The minimum absolute atomic E-state index is 0.00994. The van der Waals surface area contributed by atoms with Gasteiger partial charge >= 0.3 is 5.69 Å². The van der Waals surface area contributed by atoms with Gasteiger partial charge < -0.3 is 9.64 Å². The van der Waals surface area contributed by atoms with E-state index in [1.54, 1.807) is 17.1 Å². The highest BCUT2D eigenvalue weighted by Crippen LogP contribution is 2.29. The van der Waals surface area contributed by atoms with Crippen molar-refractivity contribution >= 4 is 16.7 Å². The van der Waals surface area contributed by atoms with Crippen molar-refractivity contribution in [3.8, 4) is 17.4 Å². The van der Waals surface area contributed by atoms with Gasteiger partial charge in [-0.2, -0.15) is 5.10 Å². The minimum atomic E-state index is -0.392. The summed E-state index contributed by atoms with van der Waals surface area (Å²) >= 11 is 0. The van der Waals surface area contributed by atoms with Crippen molar-refractivity contribution in [2.75, 3.05) is 13.1 Å². The molecule has 3 heterocycles. The Balaban J connectivity index is 1.65. The first kappa shape index (κ1) is 17.0. The van der Waals surface area contributed by atoms with Crippen molar-refractivity contribution in [1.29, 1.82) is 0 Å². The molecule has 1 aliphatic rings. The van der Waals surface area contributed by atoms with E-state index in [2.05, 4.69) is 20.2 Å². The molecule has 8 nitrogen and oxygen atoms in total. The Morgan fingerprint density at radius 1 is 1.37 bits per heavy atom. The van der Waals surface area contributed by atoms with Crippen LogP contribution in [0.1, 0.15) is 13.3 Å². The smallest absolute Gasteiger partial charge is 0.340 e. The van der Waals surface area contributed by atoms with E-state index in [4.69, 9.17) is 4.74 Å². The van der Waals surface area contributed by atoms with E-state index in [0.717, 1.165) is 17.2 Å². The van der Waals surface area contributed by atoms with Crippen LogP contribution in [0.5, 0.6) is 5.88 Å². The molecule has 138 valence electrons. The van der Waals surface area contributed by atoms with Gasteiger partial charge in [0.1, 0.15) is 11.8 Å². The molecule has 1 amide bonds. The van der Waals surface area contributed by atoms with Gasteiger partial charge in [-0.3, -0.25) is 9.78 Å². The molecule has 0 spiro atoms. The number of amides is 1. The van der Waals surface area contributed by atoms with Gasteiger partial charge in [-0.05, 0) is 30.5 Å². The number of nitrogens with one attached hydrogen (secondary N) is 2. The summed E-state index contributed by atoms with van der Waals surface area (Å²) in [5.41, 5.74) is 0.123. The van der Waals surface area contributed by atoms with Gasteiger partial charge in [-0.1, -0.05) is 24.3 Å². The average molecular weight is 365 g/mol. The molecule has 0 saturated carbocycles. The van der Waals surface area contributed by atoms with E-state index in [-0.39, 0.29) is 12.0 Å². The van der Waals surface area contributed by atoms with E-state index in [9.17, 15) is 9.59 Å². The first-order valence-corrected chi connectivity index (χ1v) is 8.77. The van der Waals surface area contributed by atoms with Gasteiger partial charge in [0.15, 0.2) is 5.82 Å². The summed E-state index contributed by atoms with van der Waals surface area (Å²) in [6.07, 6.45) is 3.90. The zero-order valence-electron chi connectivity index (χ0n) is 14.8. The van der Waals surface area contributed by atoms with Crippen molar-refractivity contribution in [1.82, 2.24) is 25.1 Å². The summed E-state index contributed by atoms with van der Waals surface area (Å²) in [5.74, 6) is 0.813. The molecule has 0 bridgehead atoms. The molecule has 3 aromatic rings. The van der Waals surface area contributed by atoms with Gasteiger partial charge in [-0.25, -0.2) is 14.9 Å². The molecule has 1 fully saturated rings. The molecular weight excluding hydrogens is 346 g/mol. The molecule has 1 aliphatic heterocycles. The van der Waals surface area contributed by atoms with Crippen LogP contribution >= 0.6 is 0 Å². The number of H-pyrrole nitrogens is 2. The van der Waals surface area contributed by atoms with Gasteiger partial charge in [0, 0.05) is 18.4 Å². The number of nitrogens with zero attached hydrogens (tertiary/aromatic N) is 3. The molecule has 2 aromatic heterocycles. The lowest BCUT2D eigenvalue weighted by Crippen LogP contribution is -2.29. The first-order chi connectivity index (χ1) is 13.1. The number of carbonyl (C=O) groups excluding carboxylic acids is 1. The second-order valence-electron chi connectivity index (χ2n) is 6.37. The molecule has 0 unspecified atom stereocenters. The third kappa shape index (κ3) is 3.46. The van der Waals surface area contributed by atoms with E-state index in [1.807, 2.05) is 37.3 Å². The third-order valence-corrected chi connectivity index (χ3v) is 4.49. The topological polar surface area (TPSA) is 104 Å². The molecule has 8 heteroatoms. The predicted molar refractivity (Wildman–Crippen MR) is 100 cm³/mol. The van der Waals surface area contributed by atoms with Gasteiger partial charge in [0.05, 0.1) is 6.54 Å². The fourth-order valence-corrected chi connectivity index (χ4v) is 3.20. The number of benzene rings is 1. The molecule has 0 radical (unpaired) electrons. The Morgan fingerprint density at radius 2 is 2.22 bits per heavy atom. The SMILES string of the molecule is CC=CC(=O)N1CC[C@H](Oc2nc(-c3n[nH]c(=O)[nH]3)cc3ccccc23)C1.